The van der Waals surface area contributed by atoms with Crippen LogP contribution in [0.3, 0.4) is 0 Å². The second kappa shape index (κ2) is 5.05. The quantitative estimate of drug-likeness (QED) is 0.924. The van der Waals surface area contributed by atoms with Gasteiger partial charge in [-0.15, -0.1) is 0 Å². The molecule has 1 amide bonds. The van der Waals surface area contributed by atoms with Crippen molar-refractivity contribution in [2.45, 2.75) is 0 Å². The zero-order valence-electron chi connectivity index (χ0n) is 8.65. The Hall–Kier alpha value is -1.75. The first-order valence-corrected chi connectivity index (χ1v) is 5.62. The van der Waals surface area contributed by atoms with Gasteiger partial charge in [-0.1, -0.05) is 0 Å². The minimum Gasteiger partial charge on any atom is -0.322 e. The maximum absolute atomic E-state index is 13.2. The summed E-state index contributed by atoms with van der Waals surface area (Å²) in [5.41, 5.74) is 0.885. The summed E-state index contributed by atoms with van der Waals surface area (Å²) in [5.74, 6) is -0.716. The second-order valence-electron chi connectivity index (χ2n) is 3.32. The minimum atomic E-state index is -0.419. The largest absolute Gasteiger partial charge is 0.322 e. The third kappa shape index (κ3) is 2.88. The standard InChI is InChI=1S/C12H8BrFN2O/c13-10-2-1-9(7-11(10)14)16-12(17)8-3-5-15-6-4-8/h1-7H,(H,16,17). The highest BCUT2D eigenvalue weighted by Crippen LogP contribution is 2.19. The molecule has 5 heteroatoms. The zero-order chi connectivity index (χ0) is 12.3. The summed E-state index contributed by atoms with van der Waals surface area (Å²) in [4.78, 5) is 15.6. The number of carbonyl (C=O) groups excluding carboxylic acids is 1. The molecule has 0 bridgehead atoms. The van der Waals surface area contributed by atoms with E-state index in [1.807, 2.05) is 0 Å². The molecule has 0 aliphatic heterocycles. The molecule has 3 nitrogen and oxygen atoms in total. The van der Waals surface area contributed by atoms with E-state index in [1.165, 1.54) is 24.5 Å². The number of halogens is 2. The van der Waals surface area contributed by atoms with Gasteiger partial charge >= 0.3 is 0 Å². The molecule has 0 atom stereocenters. The summed E-state index contributed by atoms with van der Waals surface area (Å²) in [6.45, 7) is 0. The fourth-order valence-corrected chi connectivity index (χ4v) is 1.53. The lowest BCUT2D eigenvalue weighted by molar-refractivity contribution is 0.102. The third-order valence-corrected chi connectivity index (χ3v) is 2.76. The molecule has 0 fully saturated rings. The van der Waals surface area contributed by atoms with Gasteiger partial charge in [0.15, 0.2) is 0 Å². The van der Waals surface area contributed by atoms with Crippen molar-refractivity contribution < 1.29 is 9.18 Å². The Balaban J connectivity index is 2.16. The van der Waals surface area contributed by atoms with Gasteiger partial charge in [-0.25, -0.2) is 4.39 Å². The predicted octanol–water partition coefficient (Wildman–Crippen LogP) is 3.24. The molecule has 1 aromatic carbocycles. The zero-order valence-corrected chi connectivity index (χ0v) is 10.2. The topological polar surface area (TPSA) is 42.0 Å². The summed E-state index contributed by atoms with van der Waals surface area (Å²) in [6, 6.07) is 7.59. The van der Waals surface area contributed by atoms with Gasteiger partial charge in [0, 0.05) is 23.6 Å². The van der Waals surface area contributed by atoms with Crippen LogP contribution in [0.15, 0.2) is 47.2 Å². The van der Waals surface area contributed by atoms with Gasteiger partial charge in [0.2, 0.25) is 0 Å². The van der Waals surface area contributed by atoms with E-state index in [0.717, 1.165) is 0 Å². The van der Waals surface area contributed by atoms with E-state index in [1.54, 1.807) is 18.2 Å². The number of amides is 1. The molecule has 1 N–H and O–H groups in total. The molecule has 0 radical (unpaired) electrons. The van der Waals surface area contributed by atoms with Crippen LogP contribution in [0.1, 0.15) is 10.4 Å². The second-order valence-corrected chi connectivity index (χ2v) is 4.17. The maximum atomic E-state index is 13.2. The van der Waals surface area contributed by atoms with Gasteiger partial charge in [-0.3, -0.25) is 9.78 Å². The maximum Gasteiger partial charge on any atom is 0.255 e. The lowest BCUT2D eigenvalue weighted by Crippen LogP contribution is -2.11. The molecule has 2 aromatic rings. The number of nitrogens with one attached hydrogen (secondary N) is 1. The van der Waals surface area contributed by atoms with Crippen LogP contribution >= 0.6 is 15.9 Å². The van der Waals surface area contributed by atoms with Crippen molar-refractivity contribution in [3.8, 4) is 0 Å². The molecule has 0 unspecified atom stereocenters. The van der Waals surface area contributed by atoms with E-state index in [2.05, 4.69) is 26.2 Å². The normalized spacial score (nSPS) is 10.0. The Morgan fingerprint density at radius 2 is 1.94 bits per heavy atom. The smallest absolute Gasteiger partial charge is 0.255 e. The molecule has 0 aliphatic carbocycles. The molecule has 1 aromatic heterocycles. The predicted molar refractivity (Wildman–Crippen MR) is 66.3 cm³/mol. The summed E-state index contributed by atoms with van der Waals surface area (Å²) in [7, 11) is 0. The van der Waals surface area contributed by atoms with Crippen LogP contribution in [-0.2, 0) is 0 Å². The first-order chi connectivity index (χ1) is 8.16. The van der Waals surface area contributed by atoms with Crippen LogP contribution in [0.4, 0.5) is 10.1 Å². The molecule has 2 rings (SSSR count). The Morgan fingerprint density at radius 1 is 1.24 bits per heavy atom. The fraction of sp³-hybridized carbons (Fsp3) is 0. The van der Waals surface area contributed by atoms with Crippen LogP contribution in [0, 0.1) is 5.82 Å². The van der Waals surface area contributed by atoms with Crippen LogP contribution in [-0.4, -0.2) is 10.9 Å². The van der Waals surface area contributed by atoms with Gasteiger partial charge in [0.1, 0.15) is 5.82 Å². The molecule has 1 heterocycles. The van der Waals surface area contributed by atoms with E-state index in [-0.39, 0.29) is 5.91 Å². The number of benzene rings is 1. The summed E-state index contributed by atoms with van der Waals surface area (Å²) in [5, 5.41) is 2.60. The van der Waals surface area contributed by atoms with Crippen molar-refractivity contribution in [1.82, 2.24) is 4.98 Å². The highest BCUT2D eigenvalue weighted by molar-refractivity contribution is 9.10. The van der Waals surface area contributed by atoms with Crippen molar-refractivity contribution in [1.29, 1.82) is 0 Å². The SMILES string of the molecule is O=C(Nc1ccc(Br)c(F)c1)c1ccncc1. The fourth-order valence-electron chi connectivity index (χ4n) is 1.28. The lowest BCUT2D eigenvalue weighted by atomic mass is 10.2. The number of rotatable bonds is 2. The van der Waals surface area contributed by atoms with Gasteiger partial charge < -0.3 is 5.32 Å². The molecule has 0 saturated heterocycles. The molecule has 86 valence electrons. The average molecular weight is 295 g/mol. The lowest BCUT2D eigenvalue weighted by Gasteiger charge is -2.05. The molecular weight excluding hydrogens is 287 g/mol. The van der Waals surface area contributed by atoms with E-state index >= 15 is 0 Å². The van der Waals surface area contributed by atoms with Crippen LogP contribution in [0.2, 0.25) is 0 Å². The summed E-state index contributed by atoms with van der Waals surface area (Å²) >= 11 is 3.04. The molecule has 17 heavy (non-hydrogen) atoms. The highest BCUT2D eigenvalue weighted by atomic mass is 79.9. The minimum absolute atomic E-state index is 0.297. The van der Waals surface area contributed by atoms with Crippen molar-refractivity contribution in [2.75, 3.05) is 5.32 Å². The average Bonchev–Trinajstić information content (AvgIpc) is 2.35. The van der Waals surface area contributed by atoms with Crippen molar-refractivity contribution in [3.63, 3.8) is 0 Å². The Kier molecular flexibility index (Phi) is 3.49. The van der Waals surface area contributed by atoms with Gasteiger partial charge in [-0.05, 0) is 46.3 Å². The van der Waals surface area contributed by atoms with Crippen molar-refractivity contribution in [3.05, 3.63) is 58.6 Å². The number of nitrogens with zero attached hydrogens (tertiary/aromatic N) is 1. The van der Waals surface area contributed by atoms with E-state index in [0.29, 0.717) is 15.7 Å². The van der Waals surface area contributed by atoms with Crippen LogP contribution < -0.4 is 5.32 Å². The molecule has 0 spiro atoms. The van der Waals surface area contributed by atoms with Gasteiger partial charge in [-0.2, -0.15) is 0 Å². The monoisotopic (exact) mass is 294 g/mol. The number of hydrogen-bond acceptors (Lipinski definition) is 2. The first kappa shape index (κ1) is 11.7. The Bertz CT molecular complexity index is 545. The van der Waals surface area contributed by atoms with Gasteiger partial charge in [0.25, 0.3) is 5.91 Å². The molecular formula is C12H8BrFN2O. The molecule has 0 aliphatic rings. The summed E-state index contributed by atoms with van der Waals surface area (Å²) < 4.78 is 13.6. The van der Waals surface area contributed by atoms with Crippen LogP contribution in [0.5, 0.6) is 0 Å². The van der Waals surface area contributed by atoms with Crippen molar-refractivity contribution in [2.24, 2.45) is 0 Å². The number of aromatic nitrogens is 1. The van der Waals surface area contributed by atoms with Crippen LogP contribution in [0.25, 0.3) is 0 Å². The van der Waals surface area contributed by atoms with Gasteiger partial charge in [0.05, 0.1) is 4.47 Å². The number of carbonyl (C=O) groups is 1. The number of anilines is 1. The Labute approximate surface area is 106 Å². The summed E-state index contributed by atoms with van der Waals surface area (Å²) in [6.07, 6.45) is 3.05. The number of hydrogen-bond donors (Lipinski definition) is 1. The number of pyridine rings is 1. The van der Waals surface area contributed by atoms with E-state index in [9.17, 15) is 9.18 Å². The van der Waals surface area contributed by atoms with E-state index < -0.39 is 5.82 Å². The first-order valence-electron chi connectivity index (χ1n) is 4.83. The Morgan fingerprint density at radius 3 is 2.59 bits per heavy atom. The third-order valence-electron chi connectivity index (χ3n) is 2.12. The molecule has 0 saturated carbocycles. The highest BCUT2D eigenvalue weighted by Gasteiger charge is 2.06. The van der Waals surface area contributed by atoms with Crippen molar-refractivity contribution >= 4 is 27.5 Å². The van der Waals surface area contributed by atoms with E-state index in [4.69, 9.17) is 0 Å².